The van der Waals surface area contributed by atoms with Gasteiger partial charge in [0.05, 0.1) is 18.9 Å². The van der Waals surface area contributed by atoms with Crippen LogP contribution in [0.1, 0.15) is 42.1 Å². The lowest BCUT2D eigenvalue weighted by atomic mass is 10.0. The van der Waals surface area contributed by atoms with E-state index in [4.69, 9.17) is 25.8 Å². The van der Waals surface area contributed by atoms with Crippen LogP contribution in [0.5, 0.6) is 11.5 Å². The number of amides is 2. The summed E-state index contributed by atoms with van der Waals surface area (Å²) in [5, 5.41) is 0.557. The van der Waals surface area contributed by atoms with Gasteiger partial charge in [0.1, 0.15) is 0 Å². The lowest BCUT2D eigenvalue weighted by molar-refractivity contribution is -0.135. The van der Waals surface area contributed by atoms with Crippen LogP contribution in [0.3, 0.4) is 0 Å². The van der Waals surface area contributed by atoms with Gasteiger partial charge in [-0.1, -0.05) is 30.7 Å². The molecule has 2 aliphatic rings. The zero-order valence-corrected chi connectivity index (χ0v) is 24.5. The normalized spacial score (nSPS) is 15.4. The number of likely N-dealkylation sites (tertiary alicyclic amines) is 1. The average molecular weight is 594 g/mol. The molecule has 0 saturated carbocycles. The van der Waals surface area contributed by atoms with E-state index in [1.54, 1.807) is 47.1 Å². The maximum absolute atomic E-state index is 13.7. The predicted molar refractivity (Wildman–Crippen MR) is 151 cm³/mol. The van der Waals surface area contributed by atoms with Crippen molar-refractivity contribution < 1.29 is 32.2 Å². The molecule has 218 valence electrons. The summed E-state index contributed by atoms with van der Waals surface area (Å²) in [6, 6.07) is 12.3. The Kier molecular flexibility index (Phi) is 10.3. The Morgan fingerprint density at radius 3 is 2.55 bits per heavy atom. The number of halogens is 1. The summed E-state index contributed by atoms with van der Waals surface area (Å²) in [5.41, 5.74) is 1.36. The van der Waals surface area contributed by atoms with E-state index in [9.17, 15) is 18.0 Å². The number of hydrogen-bond acceptors (Lipinski definition) is 7. The van der Waals surface area contributed by atoms with Crippen molar-refractivity contribution in [1.82, 2.24) is 14.1 Å². The molecule has 1 fully saturated rings. The molecule has 40 heavy (non-hydrogen) atoms. The lowest BCUT2D eigenvalue weighted by Gasteiger charge is -2.39. The van der Waals surface area contributed by atoms with Gasteiger partial charge in [-0.3, -0.25) is 9.59 Å². The zero-order chi connectivity index (χ0) is 28.7. The van der Waals surface area contributed by atoms with Crippen LogP contribution < -0.4 is 9.47 Å². The SMILES string of the molecule is CCCS(=O)(=O)N(CCOC)CC(=O)N(Cc1cccc(Cl)c1)C1CCN(C(=O)c2ccc3c(c2)OCO3)CC1. The number of methoxy groups -OCH3 is 1. The van der Waals surface area contributed by atoms with Gasteiger partial charge in [-0.25, -0.2) is 8.42 Å². The number of nitrogens with zero attached hydrogens (tertiary/aromatic N) is 3. The number of carbonyl (C=O) groups is 2. The van der Waals surface area contributed by atoms with E-state index in [-0.39, 0.29) is 56.6 Å². The lowest BCUT2D eigenvalue weighted by Crippen LogP contribution is -2.51. The first-order valence-electron chi connectivity index (χ1n) is 13.4. The van der Waals surface area contributed by atoms with Gasteiger partial charge in [-0.2, -0.15) is 4.31 Å². The van der Waals surface area contributed by atoms with Crippen molar-refractivity contribution in [3.05, 3.63) is 58.6 Å². The van der Waals surface area contributed by atoms with Gasteiger partial charge in [0.2, 0.25) is 22.7 Å². The third-order valence-electron chi connectivity index (χ3n) is 7.09. The van der Waals surface area contributed by atoms with E-state index >= 15 is 0 Å². The summed E-state index contributed by atoms with van der Waals surface area (Å²) >= 11 is 6.21. The standard InChI is InChI=1S/C28H36ClN3O7S/c1-3-15-40(35,36)31(13-14-37-2)19-27(33)32(18-21-5-4-6-23(29)16-21)24-9-11-30(12-10-24)28(34)22-7-8-25-26(17-22)39-20-38-25/h4-8,16-17,24H,3,9-15,18-20H2,1-2H3. The summed E-state index contributed by atoms with van der Waals surface area (Å²) in [7, 11) is -2.13. The van der Waals surface area contributed by atoms with Crippen molar-refractivity contribution in [2.24, 2.45) is 0 Å². The molecule has 0 N–H and O–H groups in total. The summed E-state index contributed by atoms with van der Waals surface area (Å²) in [6.45, 7) is 3.13. The van der Waals surface area contributed by atoms with Gasteiger partial charge in [-0.05, 0) is 55.2 Å². The van der Waals surface area contributed by atoms with Crippen molar-refractivity contribution >= 4 is 33.4 Å². The number of piperidine rings is 1. The highest BCUT2D eigenvalue weighted by Crippen LogP contribution is 2.33. The second kappa shape index (κ2) is 13.7. The van der Waals surface area contributed by atoms with Crippen molar-refractivity contribution in [3.63, 3.8) is 0 Å². The Bertz CT molecular complexity index is 1300. The van der Waals surface area contributed by atoms with Gasteiger partial charge in [0.15, 0.2) is 11.5 Å². The number of sulfonamides is 1. The van der Waals surface area contributed by atoms with E-state index in [0.717, 1.165) is 5.56 Å². The highest BCUT2D eigenvalue weighted by Gasteiger charge is 2.33. The quantitative estimate of drug-likeness (QED) is 0.371. The molecule has 0 radical (unpaired) electrons. The number of carbonyl (C=O) groups excluding carboxylic acids is 2. The maximum atomic E-state index is 13.7. The van der Waals surface area contributed by atoms with Crippen LogP contribution in [-0.4, -0.2) is 92.8 Å². The highest BCUT2D eigenvalue weighted by atomic mass is 35.5. The van der Waals surface area contributed by atoms with Crippen LogP contribution in [-0.2, 0) is 26.1 Å². The number of hydrogen-bond donors (Lipinski definition) is 0. The third kappa shape index (κ3) is 7.45. The first-order chi connectivity index (χ1) is 19.2. The summed E-state index contributed by atoms with van der Waals surface area (Å²) in [4.78, 5) is 30.4. The average Bonchev–Trinajstić information content (AvgIpc) is 3.41. The smallest absolute Gasteiger partial charge is 0.253 e. The van der Waals surface area contributed by atoms with Crippen molar-refractivity contribution in [3.8, 4) is 11.5 Å². The Labute approximate surface area is 240 Å². The molecule has 0 aliphatic carbocycles. The Morgan fingerprint density at radius 1 is 1.10 bits per heavy atom. The third-order valence-corrected chi connectivity index (χ3v) is 9.34. The van der Waals surface area contributed by atoms with E-state index in [1.165, 1.54) is 11.4 Å². The topological polar surface area (TPSA) is 106 Å². The van der Waals surface area contributed by atoms with Gasteiger partial charge >= 0.3 is 0 Å². The monoisotopic (exact) mass is 593 g/mol. The van der Waals surface area contributed by atoms with Crippen LogP contribution in [0.2, 0.25) is 5.02 Å². The number of rotatable bonds is 12. The second-order valence-corrected chi connectivity index (χ2v) is 12.4. The van der Waals surface area contributed by atoms with Crippen molar-refractivity contribution in [1.29, 1.82) is 0 Å². The van der Waals surface area contributed by atoms with Crippen molar-refractivity contribution in [2.45, 2.75) is 38.8 Å². The van der Waals surface area contributed by atoms with E-state index in [1.807, 2.05) is 12.1 Å². The fourth-order valence-corrected chi connectivity index (χ4v) is 6.63. The summed E-state index contributed by atoms with van der Waals surface area (Å²) in [6.07, 6.45) is 1.56. The van der Waals surface area contributed by atoms with Crippen LogP contribution in [0, 0.1) is 0 Å². The van der Waals surface area contributed by atoms with Gasteiger partial charge < -0.3 is 24.0 Å². The molecule has 0 aromatic heterocycles. The van der Waals surface area contributed by atoms with Gasteiger partial charge in [-0.15, -0.1) is 0 Å². The number of benzene rings is 2. The largest absolute Gasteiger partial charge is 0.454 e. The molecular weight excluding hydrogens is 558 g/mol. The van der Waals surface area contributed by atoms with E-state index in [2.05, 4.69) is 0 Å². The molecule has 0 bridgehead atoms. The number of fused-ring (bicyclic) bond motifs is 1. The first kappa shape index (κ1) is 30.1. The molecule has 0 unspecified atom stereocenters. The van der Waals surface area contributed by atoms with Crippen LogP contribution in [0.4, 0.5) is 0 Å². The Hall–Kier alpha value is -2.86. The first-order valence-corrected chi connectivity index (χ1v) is 15.4. The van der Waals surface area contributed by atoms with Crippen LogP contribution in [0.25, 0.3) is 0 Å². The summed E-state index contributed by atoms with van der Waals surface area (Å²) in [5.74, 6) is 0.719. The summed E-state index contributed by atoms with van der Waals surface area (Å²) < 4.78 is 42.9. The molecule has 2 heterocycles. The molecule has 4 rings (SSSR count). The van der Waals surface area contributed by atoms with Gasteiger partial charge in [0.25, 0.3) is 5.91 Å². The molecule has 0 spiro atoms. The second-order valence-electron chi connectivity index (χ2n) is 9.89. The molecular formula is C28H36ClN3O7S. The zero-order valence-electron chi connectivity index (χ0n) is 22.9. The minimum Gasteiger partial charge on any atom is -0.454 e. The molecule has 2 amide bonds. The van der Waals surface area contributed by atoms with Crippen LogP contribution in [0.15, 0.2) is 42.5 Å². The predicted octanol–water partition coefficient (Wildman–Crippen LogP) is 3.39. The fraction of sp³-hybridized carbons (Fsp3) is 0.500. The maximum Gasteiger partial charge on any atom is 0.253 e. The molecule has 10 nitrogen and oxygen atoms in total. The molecule has 12 heteroatoms. The molecule has 1 saturated heterocycles. The van der Waals surface area contributed by atoms with Crippen LogP contribution >= 0.6 is 11.6 Å². The van der Waals surface area contributed by atoms with E-state index < -0.39 is 10.0 Å². The number of ether oxygens (including phenoxy) is 3. The van der Waals surface area contributed by atoms with E-state index in [0.29, 0.717) is 54.4 Å². The molecule has 2 aromatic rings. The molecule has 2 aliphatic heterocycles. The van der Waals surface area contributed by atoms with Crippen molar-refractivity contribution in [2.75, 3.05) is 52.4 Å². The van der Waals surface area contributed by atoms with Gasteiger partial charge in [0, 0.05) is 49.9 Å². The minimum atomic E-state index is -3.63. The molecule has 2 aromatic carbocycles. The fourth-order valence-electron chi connectivity index (χ4n) is 4.98. The Morgan fingerprint density at radius 2 is 1.85 bits per heavy atom. The minimum absolute atomic E-state index is 0.0430. The molecule has 0 atom stereocenters. The highest BCUT2D eigenvalue weighted by molar-refractivity contribution is 7.89. The Balaban J connectivity index is 1.49.